The van der Waals surface area contributed by atoms with Crippen LogP contribution >= 0.6 is 0 Å². The summed E-state index contributed by atoms with van der Waals surface area (Å²) >= 11 is 0. The maximum atomic E-state index is 12.3. The van der Waals surface area contributed by atoms with E-state index >= 15 is 0 Å². The number of rotatable bonds is 5. The summed E-state index contributed by atoms with van der Waals surface area (Å²) in [7, 11) is 4.03. The highest BCUT2D eigenvalue weighted by Crippen LogP contribution is 2.09. The average Bonchev–Trinajstić information content (AvgIpc) is 2.42. The molecule has 0 heterocycles. The molecule has 1 atom stereocenters. The van der Waals surface area contributed by atoms with Crippen LogP contribution in [-0.4, -0.2) is 49.2 Å². The second kappa shape index (κ2) is 8.46. The van der Waals surface area contributed by atoms with Crippen molar-refractivity contribution >= 4 is 5.91 Å². The molecule has 21 heavy (non-hydrogen) atoms. The minimum Gasteiger partial charge on any atom is -0.384 e. The molecule has 0 saturated carbocycles. The molecule has 1 aromatic rings. The van der Waals surface area contributed by atoms with Crippen molar-refractivity contribution in [2.75, 3.05) is 27.2 Å². The molecule has 1 rings (SSSR count). The predicted molar refractivity (Wildman–Crippen MR) is 85.2 cm³/mol. The van der Waals surface area contributed by atoms with Crippen LogP contribution in [0.3, 0.4) is 0 Å². The second-order valence-electron chi connectivity index (χ2n) is 5.51. The molecule has 0 aliphatic rings. The third-order valence-corrected chi connectivity index (χ3v) is 3.04. The molecule has 2 N–H and O–H groups in total. The van der Waals surface area contributed by atoms with E-state index in [1.807, 2.05) is 40.1 Å². The first-order chi connectivity index (χ1) is 9.92. The van der Waals surface area contributed by atoms with Gasteiger partial charge in [0.05, 0.1) is 0 Å². The number of nitrogens with one attached hydrogen (secondary N) is 1. The van der Waals surface area contributed by atoms with Crippen molar-refractivity contribution in [3.63, 3.8) is 0 Å². The van der Waals surface area contributed by atoms with Gasteiger partial charge in [0.2, 0.25) is 0 Å². The number of aryl methyl sites for hydroxylation is 1. The van der Waals surface area contributed by atoms with Crippen molar-refractivity contribution in [2.24, 2.45) is 0 Å². The number of carbonyl (C=O) groups is 1. The Hall–Kier alpha value is -1.83. The summed E-state index contributed by atoms with van der Waals surface area (Å²) in [6.07, 6.45) is 0.904. The standard InChI is InChI=1S/C17H24N2O2/c1-13-10-15(6-5-9-20)12-16(11-13)17(21)18-14(2)7-8-19(3)4/h10-12,14,20H,7-9H2,1-4H3,(H,18,21). The van der Waals surface area contributed by atoms with Gasteiger partial charge in [0.1, 0.15) is 6.61 Å². The van der Waals surface area contributed by atoms with Gasteiger partial charge in [0.15, 0.2) is 0 Å². The van der Waals surface area contributed by atoms with Crippen molar-refractivity contribution in [3.8, 4) is 11.8 Å². The average molecular weight is 288 g/mol. The van der Waals surface area contributed by atoms with Gasteiger partial charge < -0.3 is 15.3 Å². The third kappa shape index (κ3) is 6.44. The molecular formula is C17H24N2O2. The Morgan fingerprint density at radius 2 is 2.10 bits per heavy atom. The van der Waals surface area contributed by atoms with Gasteiger partial charge in [0.25, 0.3) is 5.91 Å². The van der Waals surface area contributed by atoms with Crippen LogP contribution in [0.1, 0.15) is 34.8 Å². The predicted octanol–water partition coefficient (Wildman–Crippen LogP) is 1.41. The summed E-state index contributed by atoms with van der Waals surface area (Å²) in [4.78, 5) is 14.4. The number of nitrogens with zero attached hydrogens (tertiary/aromatic N) is 1. The first-order valence-electron chi connectivity index (χ1n) is 7.09. The Labute approximate surface area is 127 Å². The summed E-state index contributed by atoms with van der Waals surface area (Å²) in [5, 5.41) is 11.7. The van der Waals surface area contributed by atoms with Crippen molar-refractivity contribution < 1.29 is 9.90 Å². The molecule has 114 valence electrons. The molecule has 4 nitrogen and oxygen atoms in total. The van der Waals surface area contributed by atoms with E-state index in [0.29, 0.717) is 5.56 Å². The zero-order valence-corrected chi connectivity index (χ0v) is 13.2. The van der Waals surface area contributed by atoms with Crippen LogP contribution in [-0.2, 0) is 0 Å². The number of benzene rings is 1. The highest BCUT2D eigenvalue weighted by molar-refractivity contribution is 5.95. The SMILES string of the molecule is Cc1cc(C#CCO)cc(C(=O)NC(C)CCN(C)C)c1. The van der Waals surface area contributed by atoms with E-state index in [1.165, 1.54) is 0 Å². The van der Waals surface area contributed by atoms with Crippen molar-refractivity contribution in [1.29, 1.82) is 0 Å². The zero-order chi connectivity index (χ0) is 15.8. The lowest BCUT2D eigenvalue weighted by atomic mass is 10.1. The molecule has 4 heteroatoms. The number of aliphatic hydroxyl groups excluding tert-OH is 1. The molecule has 1 unspecified atom stereocenters. The summed E-state index contributed by atoms with van der Waals surface area (Å²) in [6.45, 7) is 4.68. The molecule has 1 aromatic carbocycles. The Kier molecular flexibility index (Phi) is 6.93. The van der Waals surface area contributed by atoms with E-state index in [1.54, 1.807) is 6.07 Å². The van der Waals surface area contributed by atoms with Gasteiger partial charge in [-0.3, -0.25) is 4.79 Å². The fourth-order valence-corrected chi connectivity index (χ4v) is 1.96. The van der Waals surface area contributed by atoms with E-state index < -0.39 is 0 Å². The van der Waals surface area contributed by atoms with E-state index in [4.69, 9.17) is 5.11 Å². The monoisotopic (exact) mass is 288 g/mol. The summed E-state index contributed by atoms with van der Waals surface area (Å²) in [6, 6.07) is 5.61. The van der Waals surface area contributed by atoms with Crippen LogP contribution in [0, 0.1) is 18.8 Å². The second-order valence-corrected chi connectivity index (χ2v) is 5.51. The molecule has 0 fully saturated rings. The number of hydrogen-bond acceptors (Lipinski definition) is 3. The van der Waals surface area contributed by atoms with Gasteiger partial charge in [0, 0.05) is 17.2 Å². The van der Waals surface area contributed by atoms with Crippen molar-refractivity contribution in [3.05, 3.63) is 34.9 Å². The highest BCUT2D eigenvalue weighted by Gasteiger charge is 2.11. The maximum absolute atomic E-state index is 12.3. The van der Waals surface area contributed by atoms with Gasteiger partial charge in [-0.25, -0.2) is 0 Å². The van der Waals surface area contributed by atoms with Crippen LogP contribution in [0.4, 0.5) is 0 Å². The Bertz CT molecular complexity index is 541. The fourth-order valence-electron chi connectivity index (χ4n) is 1.96. The highest BCUT2D eigenvalue weighted by atomic mass is 16.2. The lowest BCUT2D eigenvalue weighted by Gasteiger charge is -2.17. The van der Waals surface area contributed by atoms with E-state index in [9.17, 15) is 4.79 Å². The van der Waals surface area contributed by atoms with Gasteiger partial charge in [-0.15, -0.1) is 0 Å². The number of amides is 1. The van der Waals surface area contributed by atoms with E-state index in [2.05, 4.69) is 22.1 Å². The molecular weight excluding hydrogens is 264 g/mol. The van der Waals surface area contributed by atoms with Crippen LogP contribution in [0.2, 0.25) is 0 Å². The molecule has 0 aromatic heterocycles. The maximum Gasteiger partial charge on any atom is 0.251 e. The van der Waals surface area contributed by atoms with Gasteiger partial charge in [-0.1, -0.05) is 11.8 Å². The fraction of sp³-hybridized carbons (Fsp3) is 0.471. The molecule has 1 amide bonds. The molecule has 0 bridgehead atoms. The lowest BCUT2D eigenvalue weighted by molar-refractivity contribution is 0.0936. The smallest absolute Gasteiger partial charge is 0.251 e. The Morgan fingerprint density at radius 1 is 1.38 bits per heavy atom. The van der Waals surface area contributed by atoms with Gasteiger partial charge in [-0.2, -0.15) is 0 Å². The first kappa shape index (κ1) is 17.2. The molecule has 0 radical (unpaired) electrons. The lowest BCUT2D eigenvalue weighted by Crippen LogP contribution is -2.34. The third-order valence-electron chi connectivity index (χ3n) is 3.04. The van der Waals surface area contributed by atoms with Crippen LogP contribution in [0.5, 0.6) is 0 Å². The number of aliphatic hydroxyl groups is 1. The first-order valence-corrected chi connectivity index (χ1v) is 7.09. The quantitative estimate of drug-likeness (QED) is 0.806. The van der Waals surface area contributed by atoms with Crippen LogP contribution < -0.4 is 5.32 Å². The number of hydrogen-bond donors (Lipinski definition) is 2. The zero-order valence-electron chi connectivity index (χ0n) is 13.2. The minimum absolute atomic E-state index is 0.0861. The topological polar surface area (TPSA) is 52.6 Å². The summed E-state index contributed by atoms with van der Waals surface area (Å²) in [5.74, 6) is 5.35. The Morgan fingerprint density at radius 3 is 2.71 bits per heavy atom. The molecule has 0 spiro atoms. The largest absolute Gasteiger partial charge is 0.384 e. The van der Waals surface area contributed by atoms with E-state index in [-0.39, 0.29) is 18.6 Å². The minimum atomic E-state index is -0.183. The van der Waals surface area contributed by atoms with Crippen LogP contribution in [0.25, 0.3) is 0 Å². The normalized spacial score (nSPS) is 11.7. The van der Waals surface area contributed by atoms with Crippen molar-refractivity contribution in [1.82, 2.24) is 10.2 Å². The van der Waals surface area contributed by atoms with Gasteiger partial charge >= 0.3 is 0 Å². The van der Waals surface area contributed by atoms with Gasteiger partial charge in [-0.05, 0) is 64.7 Å². The Balaban J connectivity index is 2.75. The molecule has 0 aliphatic carbocycles. The number of carbonyl (C=O) groups excluding carboxylic acids is 1. The molecule has 0 aliphatic heterocycles. The molecule has 0 saturated heterocycles. The summed E-state index contributed by atoms with van der Waals surface area (Å²) < 4.78 is 0. The van der Waals surface area contributed by atoms with Crippen LogP contribution in [0.15, 0.2) is 18.2 Å². The van der Waals surface area contributed by atoms with E-state index in [0.717, 1.165) is 24.1 Å². The van der Waals surface area contributed by atoms with Crippen molar-refractivity contribution in [2.45, 2.75) is 26.3 Å². The summed E-state index contributed by atoms with van der Waals surface area (Å²) in [5.41, 5.74) is 2.33.